The smallest absolute Gasteiger partial charge is 0.326 e. The Morgan fingerprint density at radius 1 is 0.625 bits per heavy atom. The number of aliphatic imine (C=N–C) groups is 1. The zero-order valence-corrected chi connectivity index (χ0v) is 33.2. The molecule has 0 heterocycles. The Balaban J connectivity index is 2.22. The fraction of sp³-hybridized carbons (Fsp3) is 0.571. The van der Waals surface area contributed by atoms with Crippen LogP contribution in [0.3, 0.4) is 0 Å². The van der Waals surface area contributed by atoms with E-state index in [0.717, 1.165) is 9.13 Å². The molecule has 5 amide bonds. The molecule has 0 saturated carbocycles. The predicted octanol–water partition coefficient (Wildman–Crippen LogP) is 1.23. The van der Waals surface area contributed by atoms with Crippen molar-refractivity contribution in [3.05, 3.63) is 32.9 Å². The molecule has 56 heavy (non-hydrogen) atoms. The minimum atomic E-state index is -1.50. The maximum Gasteiger partial charge on any atom is 0.326 e. The second-order valence-electron chi connectivity index (χ2n) is 12.8. The molecule has 0 aromatic heterocycles. The van der Waals surface area contributed by atoms with Gasteiger partial charge in [0, 0.05) is 41.5 Å². The van der Waals surface area contributed by atoms with Gasteiger partial charge in [-0.2, -0.15) is 0 Å². The number of amides is 5. The Morgan fingerprint density at radius 2 is 1.14 bits per heavy atom. The minimum Gasteiger partial charge on any atom is -0.481 e. The largest absolute Gasteiger partial charge is 0.481 e. The number of hydrogen-bond donors (Lipinski definition) is 11. The van der Waals surface area contributed by atoms with E-state index in [4.69, 9.17) is 21.7 Å². The Morgan fingerprint density at radius 3 is 1.66 bits per heavy atom. The molecule has 0 radical (unpaired) electrons. The van der Waals surface area contributed by atoms with Crippen LogP contribution in [0, 0.1) is 3.57 Å². The van der Waals surface area contributed by atoms with Gasteiger partial charge in [-0.15, -0.1) is 0 Å². The Hall–Kier alpha value is -5.22. The number of halogens is 1. The van der Waals surface area contributed by atoms with E-state index in [2.05, 4.69) is 54.2 Å². The molecule has 1 aromatic carbocycles. The van der Waals surface area contributed by atoms with Gasteiger partial charge >= 0.3 is 29.9 Å². The monoisotopic (exact) mass is 904 g/mol. The molecule has 1 aromatic rings. The van der Waals surface area contributed by atoms with Gasteiger partial charge < -0.3 is 58.5 Å². The summed E-state index contributed by atoms with van der Waals surface area (Å²) in [4.78, 5) is 98.2. The van der Waals surface area contributed by atoms with Crippen molar-refractivity contribution in [2.24, 2.45) is 16.5 Å². The van der Waals surface area contributed by atoms with Crippen LogP contribution in [0.25, 0.3) is 0 Å². The number of benzene rings is 1. The first kappa shape index (κ1) is 48.8. The summed E-state index contributed by atoms with van der Waals surface area (Å²) < 4.78 is 0.832. The fourth-order valence-corrected chi connectivity index (χ4v) is 5.84. The third-order valence-electron chi connectivity index (χ3n) is 8.24. The van der Waals surface area contributed by atoms with Gasteiger partial charge in [0.05, 0.1) is 6.54 Å². The number of carboxylic acid groups (broad SMARTS) is 4. The van der Waals surface area contributed by atoms with Gasteiger partial charge in [0.25, 0.3) is 5.91 Å². The van der Waals surface area contributed by atoms with Crippen LogP contribution in [0.15, 0.2) is 23.2 Å². The second-order valence-corrected chi connectivity index (χ2v) is 14.0. The van der Waals surface area contributed by atoms with E-state index in [1.54, 1.807) is 18.2 Å². The molecule has 312 valence electrons. The number of urea groups is 1. The molecule has 0 aliphatic heterocycles. The standard InChI is InChI=1S/C35H53IN8O12/c36-23-19-21(13-14-22(23)20-41-34(37)38)30(49)40-18-8-6-9-24(31(50)51)42-28(46)12-4-2-1-3-11-27(45)39-17-7-5-10-25(32(52)53)43-35(56)44-26(33(54)55)15-16-29(47)48/h13-14,19,24-26H,1-12,15-18,20H2,(H,39,45)(H,40,49)(H,42,46)(H,47,48)(H,50,51)(H,52,53)(H,54,55)(H4,37,38,41)(H2,43,44,56)/t24?,25-,26-/m0/s1. The lowest BCUT2D eigenvalue weighted by atomic mass is 10.1. The van der Waals surface area contributed by atoms with Gasteiger partial charge in [-0.3, -0.25) is 19.2 Å². The Bertz CT molecular complexity index is 1540. The predicted molar refractivity (Wildman–Crippen MR) is 210 cm³/mol. The number of nitrogens with two attached hydrogens (primary N) is 2. The van der Waals surface area contributed by atoms with Gasteiger partial charge in [-0.05, 0) is 98.1 Å². The minimum absolute atomic E-state index is 0.00690. The number of unbranched alkanes of at least 4 members (excludes halogenated alkanes) is 5. The summed E-state index contributed by atoms with van der Waals surface area (Å²) in [7, 11) is 0. The zero-order valence-electron chi connectivity index (χ0n) is 31.0. The number of nitrogens with zero attached hydrogens (tertiary/aromatic N) is 1. The highest BCUT2D eigenvalue weighted by molar-refractivity contribution is 14.1. The van der Waals surface area contributed by atoms with Crippen molar-refractivity contribution in [3.63, 3.8) is 0 Å². The van der Waals surface area contributed by atoms with Gasteiger partial charge in [-0.25, -0.2) is 24.2 Å². The summed E-state index contributed by atoms with van der Waals surface area (Å²) in [5.41, 5.74) is 12.1. The molecule has 0 aliphatic carbocycles. The molecule has 13 N–H and O–H groups in total. The third kappa shape index (κ3) is 22.2. The lowest BCUT2D eigenvalue weighted by molar-refractivity contribution is -0.142. The summed E-state index contributed by atoms with van der Waals surface area (Å²) in [6.45, 7) is 0.897. The van der Waals surface area contributed by atoms with Crippen molar-refractivity contribution < 1.29 is 58.8 Å². The van der Waals surface area contributed by atoms with Gasteiger partial charge in [0.1, 0.15) is 18.1 Å². The van der Waals surface area contributed by atoms with Crippen molar-refractivity contribution in [1.82, 2.24) is 26.6 Å². The molecular weight excluding hydrogens is 851 g/mol. The van der Waals surface area contributed by atoms with Gasteiger partial charge in [-0.1, -0.05) is 18.9 Å². The lowest BCUT2D eigenvalue weighted by Crippen LogP contribution is -2.51. The first-order valence-corrected chi connectivity index (χ1v) is 19.2. The zero-order chi connectivity index (χ0) is 42.0. The third-order valence-corrected chi connectivity index (χ3v) is 9.24. The summed E-state index contributed by atoms with van der Waals surface area (Å²) >= 11 is 2.10. The maximum absolute atomic E-state index is 12.5. The molecule has 1 rings (SSSR count). The quantitative estimate of drug-likeness (QED) is 0.0233. The molecular formula is C35H53IN8O12. The normalized spacial score (nSPS) is 12.2. The summed E-state index contributed by atoms with van der Waals surface area (Å²) in [6, 6.07) is 0.221. The summed E-state index contributed by atoms with van der Waals surface area (Å²) in [6.07, 6.45) is 3.81. The number of rotatable bonds is 29. The average molecular weight is 905 g/mol. The van der Waals surface area contributed by atoms with E-state index >= 15 is 0 Å². The van der Waals surface area contributed by atoms with Crippen LogP contribution in [0.5, 0.6) is 0 Å². The van der Waals surface area contributed by atoms with Crippen LogP contribution in [-0.2, 0) is 35.3 Å². The molecule has 0 fully saturated rings. The summed E-state index contributed by atoms with van der Waals surface area (Å²) in [5, 5.41) is 49.1. The van der Waals surface area contributed by atoms with Crippen molar-refractivity contribution >= 4 is 76.2 Å². The van der Waals surface area contributed by atoms with E-state index in [1.165, 1.54) is 0 Å². The topological polar surface area (TPSA) is 342 Å². The van der Waals surface area contributed by atoms with Crippen LogP contribution in [0.2, 0.25) is 0 Å². The molecule has 1 unspecified atom stereocenters. The van der Waals surface area contributed by atoms with Gasteiger partial charge in [0.2, 0.25) is 11.8 Å². The first-order chi connectivity index (χ1) is 26.5. The van der Waals surface area contributed by atoms with E-state index in [1.807, 2.05) is 0 Å². The highest BCUT2D eigenvalue weighted by Crippen LogP contribution is 2.16. The van der Waals surface area contributed by atoms with Crippen molar-refractivity contribution in [2.75, 3.05) is 13.1 Å². The molecule has 0 aliphatic rings. The van der Waals surface area contributed by atoms with Crippen LogP contribution >= 0.6 is 22.6 Å². The molecule has 21 heteroatoms. The average Bonchev–Trinajstić information content (AvgIpc) is 3.12. The van der Waals surface area contributed by atoms with Crippen LogP contribution < -0.4 is 38.1 Å². The highest BCUT2D eigenvalue weighted by atomic mass is 127. The van der Waals surface area contributed by atoms with Gasteiger partial charge in [0.15, 0.2) is 5.96 Å². The van der Waals surface area contributed by atoms with Crippen molar-refractivity contribution in [1.29, 1.82) is 0 Å². The number of aliphatic carboxylic acids is 4. The van der Waals surface area contributed by atoms with Crippen molar-refractivity contribution in [2.45, 2.75) is 115 Å². The number of carbonyl (C=O) groups excluding carboxylic acids is 4. The molecule has 3 atom stereocenters. The second kappa shape index (κ2) is 27.4. The van der Waals surface area contributed by atoms with E-state index in [-0.39, 0.29) is 62.3 Å². The molecule has 0 spiro atoms. The molecule has 0 saturated heterocycles. The Labute approximate surface area is 337 Å². The molecule has 20 nitrogen and oxygen atoms in total. The van der Waals surface area contributed by atoms with E-state index in [9.17, 15) is 48.6 Å². The van der Waals surface area contributed by atoms with Crippen LogP contribution in [0.4, 0.5) is 4.79 Å². The van der Waals surface area contributed by atoms with Crippen molar-refractivity contribution in [3.8, 4) is 0 Å². The van der Waals surface area contributed by atoms with E-state index in [0.29, 0.717) is 70.0 Å². The number of hydrogen-bond acceptors (Lipinski definition) is 9. The number of carboxylic acids is 4. The SMILES string of the molecule is NC(N)=NCc1ccc(C(=O)NCCCCC(NC(=O)CCCCCCC(=O)NCCCC[C@H](NC(=O)N[C@@H](CCC(=O)O)C(=O)O)C(=O)O)C(=O)O)cc1I. The summed E-state index contributed by atoms with van der Waals surface area (Å²) in [5.74, 6) is -6.08. The van der Waals surface area contributed by atoms with Crippen LogP contribution in [0.1, 0.15) is 106 Å². The lowest BCUT2D eigenvalue weighted by Gasteiger charge is -2.18. The number of guanidine groups is 1. The fourth-order valence-electron chi connectivity index (χ4n) is 5.15. The maximum atomic E-state index is 12.5. The van der Waals surface area contributed by atoms with E-state index < -0.39 is 54.5 Å². The molecule has 0 bridgehead atoms. The van der Waals surface area contributed by atoms with Crippen LogP contribution in [-0.4, -0.2) is 105 Å². The highest BCUT2D eigenvalue weighted by Gasteiger charge is 2.25. The first-order valence-electron chi connectivity index (χ1n) is 18.1. The Kier molecular flexibility index (Phi) is 23.9. The number of carbonyl (C=O) groups is 8. The number of nitrogens with one attached hydrogen (secondary N) is 5.